The van der Waals surface area contributed by atoms with Crippen LogP contribution in [0.25, 0.3) is 79.9 Å². The van der Waals surface area contributed by atoms with Crippen molar-refractivity contribution in [2.24, 2.45) is 0 Å². The van der Waals surface area contributed by atoms with Crippen molar-refractivity contribution in [3.05, 3.63) is 336 Å². The normalized spacial score (nSPS) is 13.3. The number of rotatable bonds is 13. The van der Waals surface area contributed by atoms with E-state index in [1.165, 1.54) is 89.0 Å². The molecule has 84 heavy (non-hydrogen) atoms. The molecule has 0 amide bonds. The lowest BCUT2D eigenvalue weighted by atomic mass is 9.79. The Labute approximate surface area is 495 Å². The van der Waals surface area contributed by atoms with Crippen LogP contribution in [0.5, 0.6) is 0 Å². The molecule has 0 saturated carbocycles. The summed E-state index contributed by atoms with van der Waals surface area (Å²) in [4.78, 5) is 4.58. The minimum atomic E-state index is -0.160. The van der Waals surface area contributed by atoms with Gasteiger partial charge in [-0.3, -0.25) is 0 Å². The van der Waals surface area contributed by atoms with Crippen molar-refractivity contribution in [2.75, 3.05) is 9.80 Å². The van der Waals surface area contributed by atoms with E-state index in [1.54, 1.807) is 0 Å². The van der Waals surface area contributed by atoms with Crippen LogP contribution >= 0.6 is 0 Å². The van der Waals surface area contributed by atoms with Crippen LogP contribution in [0.15, 0.2) is 291 Å². The summed E-state index contributed by atoms with van der Waals surface area (Å²) < 4.78 is 0. The number of hydrogen-bond donors (Lipinski definition) is 0. The summed E-state index contributed by atoms with van der Waals surface area (Å²) in [6, 6.07) is 106. The average molecular weight is 1080 g/mol. The number of anilines is 6. The molecule has 0 N–H and O–H groups in total. The zero-order valence-electron chi connectivity index (χ0n) is 47.9. The summed E-state index contributed by atoms with van der Waals surface area (Å²) in [7, 11) is 0. The molecule has 0 unspecified atom stereocenters. The van der Waals surface area contributed by atoms with Crippen LogP contribution in [-0.4, -0.2) is 0 Å². The van der Waals surface area contributed by atoms with E-state index in [-0.39, 0.29) is 10.8 Å². The van der Waals surface area contributed by atoms with Gasteiger partial charge < -0.3 is 9.80 Å². The molecule has 2 aliphatic rings. The van der Waals surface area contributed by atoms with Crippen LogP contribution in [0.2, 0.25) is 0 Å². The largest absolute Gasteiger partial charge is 0.311 e. The summed E-state index contributed by atoms with van der Waals surface area (Å²) in [6.07, 6.45) is 8.80. The van der Waals surface area contributed by atoms with E-state index in [9.17, 15) is 0 Å². The van der Waals surface area contributed by atoms with Crippen LogP contribution in [0.1, 0.15) is 72.2 Å². The Morgan fingerprint density at radius 1 is 0.214 bits per heavy atom. The third kappa shape index (κ3) is 9.76. The lowest BCUT2D eigenvalue weighted by Crippen LogP contribution is -2.15. The van der Waals surface area contributed by atoms with Gasteiger partial charge in [-0.1, -0.05) is 246 Å². The van der Waals surface area contributed by atoms with Gasteiger partial charge in [0.2, 0.25) is 0 Å². The molecule has 0 aliphatic heterocycles. The number of benzene rings is 12. The lowest BCUT2D eigenvalue weighted by molar-refractivity contribution is 0.660. The van der Waals surface area contributed by atoms with Gasteiger partial charge in [-0.25, -0.2) is 0 Å². The maximum absolute atomic E-state index is 2.46. The maximum Gasteiger partial charge on any atom is 0.0462 e. The highest BCUT2D eigenvalue weighted by Gasteiger charge is 2.38. The lowest BCUT2D eigenvalue weighted by Gasteiger charge is -2.25. The van der Waals surface area contributed by atoms with Crippen molar-refractivity contribution < 1.29 is 0 Å². The fraction of sp³-hybridized carbons (Fsp3) is 0.0732. The van der Waals surface area contributed by atoms with Gasteiger partial charge in [0, 0.05) is 45.0 Å². The monoisotopic (exact) mass is 1080 g/mol. The molecule has 0 aromatic heterocycles. The van der Waals surface area contributed by atoms with Gasteiger partial charge in [0.15, 0.2) is 0 Å². The predicted molar refractivity (Wildman–Crippen MR) is 358 cm³/mol. The summed E-state index contributed by atoms with van der Waals surface area (Å²) in [6.45, 7) is 9.57. The van der Waals surface area contributed by atoms with Gasteiger partial charge >= 0.3 is 0 Å². The van der Waals surface area contributed by atoms with E-state index in [2.05, 4.69) is 353 Å². The summed E-state index contributed by atoms with van der Waals surface area (Å²) >= 11 is 0. The van der Waals surface area contributed by atoms with Crippen molar-refractivity contribution >= 4 is 58.4 Å². The number of fused-ring (bicyclic) bond motifs is 6. The van der Waals surface area contributed by atoms with E-state index in [4.69, 9.17) is 0 Å². The summed E-state index contributed by atoms with van der Waals surface area (Å²) in [5.74, 6) is 0. The third-order valence-corrected chi connectivity index (χ3v) is 17.5. The van der Waals surface area contributed by atoms with Gasteiger partial charge in [-0.05, 0) is 197 Å². The zero-order valence-corrected chi connectivity index (χ0v) is 47.9. The molecule has 0 atom stereocenters. The minimum Gasteiger partial charge on any atom is -0.311 e. The van der Waals surface area contributed by atoms with Crippen LogP contribution in [0.4, 0.5) is 34.1 Å². The quantitative estimate of drug-likeness (QED) is 0.106. The van der Waals surface area contributed by atoms with Crippen LogP contribution in [0, 0.1) is 0 Å². The van der Waals surface area contributed by atoms with Crippen LogP contribution in [-0.2, 0) is 10.8 Å². The molecular weight excluding hydrogens is 1010 g/mol. The summed E-state index contributed by atoms with van der Waals surface area (Å²) in [5, 5.41) is 0. The fourth-order valence-electron chi connectivity index (χ4n) is 12.8. The van der Waals surface area contributed by atoms with Crippen molar-refractivity contribution in [2.45, 2.75) is 38.5 Å². The van der Waals surface area contributed by atoms with Crippen molar-refractivity contribution in [3.63, 3.8) is 0 Å². The van der Waals surface area contributed by atoms with Crippen molar-refractivity contribution in [1.82, 2.24) is 0 Å². The Hall–Kier alpha value is -10.3. The molecule has 0 saturated heterocycles. The average Bonchev–Trinajstić information content (AvgIpc) is 4.09. The highest BCUT2D eigenvalue weighted by molar-refractivity contribution is 5.90. The first-order chi connectivity index (χ1) is 41.1. The molecule has 0 radical (unpaired) electrons. The molecule has 12 aromatic carbocycles. The molecule has 402 valence electrons. The van der Waals surface area contributed by atoms with Crippen LogP contribution in [0.3, 0.4) is 0 Å². The first-order valence-electron chi connectivity index (χ1n) is 29.3. The van der Waals surface area contributed by atoms with Gasteiger partial charge in [0.25, 0.3) is 0 Å². The fourth-order valence-corrected chi connectivity index (χ4v) is 12.8. The Kier molecular flexibility index (Phi) is 13.3. The van der Waals surface area contributed by atoms with Gasteiger partial charge in [-0.2, -0.15) is 0 Å². The molecular formula is C82H64N2. The highest BCUT2D eigenvalue weighted by Crippen LogP contribution is 2.53. The Balaban J connectivity index is 0.645. The highest BCUT2D eigenvalue weighted by atomic mass is 15.1. The second kappa shape index (κ2) is 21.6. The van der Waals surface area contributed by atoms with E-state index in [0.717, 1.165) is 45.3 Å². The SMILES string of the molecule is CC1(C)c2cc(-c3ccc(/C=C/c4ccc(N(c5ccccc5)c5ccccc5)cc4)cc3)ccc2-c2ccc(-c3ccc4c(c3)C(C)(C)c3cc(-c5ccc(/C=C/c6ccc(N(c7ccccc7)c7ccccc7)cc6)cc5)ccc3-4)cc21. The number of hydrogen-bond acceptors (Lipinski definition) is 2. The Morgan fingerprint density at radius 3 is 0.667 bits per heavy atom. The molecule has 0 fully saturated rings. The molecule has 2 heteroatoms. The Bertz CT molecular complexity index is 4040. The van der Waals surface area contributed by atoms with E-state index >= 15 is 0 Å². The first kappa shape index (κ1) is 51.8. The van der Waals surface area contributed by atoms with Gasteiger partial charge in [-0.15, -0.1) is 0 Å². The minimum absolute atomic E-state index is 0.160. The number of nitrogens with zero attached hydrogens (tertiary/aromatic N) is 2. The topological polar surface area (TPSA) is 6.48 Å². The Morgan fingerprint density at radius 2 is 0.417 bits per heavy atom. The van der Waals surface area contributed by atoms with E-state index in [0.29, 0.717) is 0 Å². The van der Waals surface area contributed by atoms with Crippen molar-refractivity contribution in [3.8, 4) is 55.6 Å². The molecule has 14 rings (SSSR count). The predicted octanol–water partition coefficient (Wildman–Crippen LogP) is 22.6. The standard InChI is InChI=1S/C82H64N2/c1-81(2)77-53-63(61-37-29-57(30-38-61)25-27-59-33-45-71(46-34-59)83(67-17-9-5-10-18-67)68-19-11-6-12-20-68)41-49-73(77)75-51-43-65(55-79(75)81)66-44-52-76-74-50-42-64(54-78(74)82(3,4)80(76)56-66)62-39-31-58(32-40-62)26-28-60-35-47-72(48-36-60)84(69-21-13-7-14-22-69)70-23-15-8-16-24-70/h5-56H,1-4H3/b27-25+,28-26+. The molecule has 2 aliphatic carbocycles. The number of para-hydroxylation sites is 4. The smallest absolute Gasteiger partial charge is 0.0462 e. The van der Waals surface area contributed by atoms with E-state index in [1.807, 2.05) is 0 Å². The second-order valence-corrected chi connectivity index (χ2v) is 23.4. The first-order valence-corrected chi connectivity index (χ1v) is 29.3. The molecule has 0 bridgehead atoms. The molecule has 0 spiro atoms. The van der Waals surface area contributed by atoms with Crippen LogP contribution < -0.4 is 9.80 Å². The molecule has 2 nitrogen and oxygen atoms in total. The van der Waals surface area contributed by atoms with Gasteiger partial charge in [0.1, 0.15) is 0 Å². The maximum atomic E-state index is 2.46. The summed E-state index contributed by atoms with van der Waals surface area (Å²) in [5.41, 5.74) is 29.4. The zero-order chi connectivity index (χ0) is 56.8. The van der Waals surface area contributed by atoms with Gasteiger partial charge in [0.05, 0.1) is 0 Å². The second-order valence-electron chi connectivity index (χ2n) is 23.4. The molecule has 0 heterocycles. The molecule has 12 aromatic rings. The van der Waals surface area contributed by atoms with E-state index < -0.39 is 0 Å². The van der Waals surface area contributed by atoms with Crippen molar-refractivity contribution in [1.29, 1.82) is 0 Å². The third-order valence-electron chi connectivity index (χ3n) is 17.5.